The van der Waals surface area contributed by atoms with Crippen molar-refractivity contribution in [2.45, 2.75) is 16.6 Å². The van der Waals surface area contributed by atoms with Gasteiger partial charge in [-0.3, -0.25) is 14.4 Å². The van der Waals surface area contributed by atoms with Crippen molar-refractivity contribution in [3.63, 3.8) is 0 Å². The van der Waals surface area contributed by atoms with Gasteiger partial charge in [0.1, 0.15) is 0 Å². The molecule has 1 heterocycles. The number of nitrogens with one attached hydrogen (secondary N) is 2. The molecule has 31 heavy (non-hydrogen) atoms. The minimum atomic E-state index is -0.599. The van der Waals surface area contributed by atoms with Crippen LogP contribution in [0.1, 0.15) is 6.42 Å². The van der Waals surface area contributed by atoms with Crippen molar-refractivity contribution in [2.75, 3.05) is 17.2 Å². The first-order valence-electron chi connectivity index (χ1n) is 9.76. The number of anilines is 2. The quantitative estimate of drug-likeness (QED) is 0.566. The fourth-order valence-corrected chi connectivity index (χ4v) is 4.33. The molecule has 156 valence electrons. The van der Waals surface area contributed by atoms with Crippen LogP contribution in [0.4, 0.5) is 11.4 Å². The largest absolute Gasteiger partial charge is 0.456 e. The molecule has 3 aromatic rings. The van der Waals surface area contributed by atoms with Gasteiger partial charge in [-0.05, 0) is 23.8 Å². The maximum Gasteiger partial charge on any atom is 0.307 e. The summed E-state index contributed by atoms with van der Waals surface area (Å²) in [6.07, 6.45) is -0.112. The second-order valence-corrected chi connectivity index (χ2v) is 8.16. The Morgan fingerprint density at radius 2 is 1.65 bits per heavy atom. The summed E-state index contributed by atoms with van der Waals surface area (Å²) in [5.74, 6) is -1.29. The van der Waals surface area contributed by atoms with Crippen LogP contribution < -0.4 is 10.6 Å². The van der Waals surface area contributed by atoms with Gasteiger partial charge in [-0.2, -0.15) is 0 Å². The highest BCUT2D eigenvalue weighted by molar-refractivity contribution is 8.01. The summed E-state index contributed by atoms with van der Waals surface area (Å²) in [6.45, 7) is -0.419. The van der Waals surface area contributed by atoms with Crippen molar-refractivity contribution in [2.24, 2.45) is 0 Å². The van der Waals surface area contributed by atoms with E-state index in [0.29, 0.717) is 5.69 Å². The Bertz CT molecular complexity index is 1120. The van der Waals surface area contributed by atoms with E-state index < -0.39 is 23.7 Å². The summed E-state index contributed by atoms with van der Waals surface area (Å²) in [4.78, 5) is 37.7. The van der Waals surface area contributed by atoms with E-state index >= 15 is 0 Å². The van der Waals surface area contributed by atoms with Gasteiger partial charge in [0.25, 0.3) is 5.91 Å². The number of para-hydroxylation sites is 2. The number of rotatable bonds is 6. The van der Waals surface area contributed by atoms with Crippen molar-refractivity contribution in [1.82, 2.24) is 0 Å². The van der Waals surface area contributed by atoms with E-state index in [9.17, 15) is 14.4 Å². The molecule has 7 heteroatoms. The minimum absolute atomic E-state index is 0.112. The van der Waals surface area contributed by atoms with E-state index in [4.69, 9.17) is 4.74 Å². The SMILES string of the molecule is O=C(COC(=O)C[C@@H]1Sc2ccccc2NC1=O)Nc1ccccc1-c1ccccc1. The lowest BCUT2D eigenvalue weighted by atomic mass is 10.0. The maximum atomic E-state index is 12.3. The number of carbonyl (C=O) groups is 3. The van der Waals surface area contributed by atoms with Gasteiger partial charge in [0.05, 0.1) is 17.4 Å². The van der Waals surface area contributed by atoms with Crippen LogP contribution in [-0.2, 0) is 19.1 Å². The monoisotopic (exact) mass is 432 g/mol. The molecule has 0 radical (unpaired) electrons. The second kappa shape index (κ2) is 9.49. The number of amides is 2. The maximum absolute atomic E-state index is 12.3. The van der Waals surface area contributed by atoms with E-state index in [2.05, 4.69) is 10.6 Å². The average Bonchev–Trinajstić information content (AvgIpc) is 2.79. The molecule has 0 fully saturated rings. The van der Waals surface area contributed by atoms with Gasteiger partial charge < -0.3 is 15.4 Å². The first-order valence-corrected chi connectivity index (χ1v) is 10.6. The molecule has 0 aromatic heterocycles. The van der Waals surface area contributed by atoms with Crippen molar-refractivity contribution in [1.29, 1.82) is 0 Å². The Kier molecular flexibility index (Phi) is 6.33. The van der Waals surface area contributed by atoms with E-state index in [-0.39, 0.29) is 12.3 Å². The lowest BCUT2D eigenvalue weighted by molar-refractivity contribution is -0.147. The zero-order valence-electron chi connectivity index (χ0n) is 16.5. The van der Waals surface area contributed by atoms with Crippen molar-refractivity contribution >= 4 is 40.9 Å². The summed E-state index contributed by atoms with van der Waals surface area (Å²) in [5, 5.41) is 4.98. The fraction of sp³-hybridized carbons (Fsp3) is 0.125. The zero-order valence-corrected chi connectivity index (χ0v) is 17.4. The summed E-state index contributed by atoms with van der Waals surface area (Å²) in [6, 6.07) is 24.5. The minimum Gasteiger partial charge on any atom is -0.456 e. The van der Waals surface area contributed by atoms with E-state index in [1.165, 1.54) is 11.8 Å². The van der Waals surface area contributed by atoms with Crippen molar-refractivity contribution in [3.8, 4) is 11.1 Å². The van der Waals surface area contributed by atoms with Gasteiger partial charge in [-0.15, -0.1) is 11.8 Å². The number of hydrogen-bond acceptors (Lipinski definition) is 5. The third-order valence-electron chi connectivity index (χ3n) is 4.71. The molecule has 4 rings (SSSR count). The van der Waals surface area contributed by atoms with Crippen molar-refractivity contribution in [3.05, 3.63) is 78.9 Å². The highest BCUT2D eigenvalue weighted by atomic mass is 32.2. The molecular formula is C24H20N2O4S. The van der Waals surface area contributed by atoms with Crippen LogP contribution in [0.25, 0.3) is 11.1 Å². The van der Waals surface area contributed by atoms with Gasteiger partial charge in [-0.1, -0.05) is 60.7 Å². The van der Waals surface area contributed by atoms with E-state index in [1.807, 2.05) is 72.8 Å². The number of ether oxygens (including phenoxy) is 1. The third-order valence-corrected chi connectivity index (χ3v) is 5.98. The molecule has 2 amide bonds. The standard InChI is InChI=1S/C24H20N2O4S/c27-22(25-18-11-5-4-10-17(18)16-8-2-1-3-9-16)15-30-23(28)14-21-24(29)26-19-12-6-7-13-20(19)31-21/h1-13,21H,14-15H2,(H,25,27)(H,26,29)/t21-/m0/s1. The molecule has 2 N–H and O–H groups in total. The van der Waals surface area contributed by atoms with Crippen LogP contribution in [0.2, 0.25) is 0 Å². The predicted molar refractivity (Wildman–Crippen MR) is 121 cm³/mol. The van der Waals surface area contributed by atoms with Crippen molar-refractivity contribution < 1.29 is 19.1 Å². The van der Waals surface area contributed by atoms with Crippen LogP contribution in [-0.4, -0.2) is 29.6 Å². The molecule has 1 atom stereocenters. The smallest absolute Gasteiger partial charge is 0.307 e. The van der Waals surface area contributed by atoms with Gasteiger partial charge in [0, 0.05) is 16.1 Å². The average molecular weight is 433 g/mol. The van der Waals surface area contributed by atoms with Crippen LogP contribution in [0.5, 0.6) is 0 Å². The molecule has 1 aliphatic rings. The van der Waals surface area contributed by atoms with Gasteiger partial charge in [0.2, 0.25) is 5.91 Å². The Hall–Kier alpha value is -3.58. The Morgan fingerprint density at radius 3 is 2.48 bits per heavy atom. The second-order valence-electron chi connectivity index (χ2n) is 6.92. The molecule has 0 aliphatic carbocycles. The highest BCUT2D eigenvalue weighted by Crippen LogP contribution is 2.36. The Morgan fingerprint density at radius 1 is 0.935 bits per heavy atom. The van der Waals surface area contributed by atoms with E-state index in [0.717, 1.165) is 21.7 Å². The molecule has 0 saturated heterocycles. The predicted octanol–water partition coefficient (Wildman–Crippen LogP) is 4.34. The van der Waals surface area contributed by atoms with Gasteiger partial charge >= 0.3 is 5.97 Å². The summed E-state index contributed by atoms with van der Waals surface area (Å²) in [5.41, 5.74) is 3.21. The van der Waals surface area contributed by atoms with Crippen LogP contribution in [0.3, 0.4) is 0 Å². The third kappa shape index (κ3) is 5.13. The molecule has 0 unspecified atom stereocenters. The fourth-order valence-electron chi connectivity index (χ4n) is 3.23. The summed E-state index contributed by atoms with van der Waals surface area (Å²) >= 11 is 1.32. The number of benzene rings is 3. The Labute approximate surface area is 184 Å². The molecule has 6 nitrogen and oxygen atoms in total. The van der Waals surface area contributed by atoms with Crippen LogP contribution >= 0.6 is 11.8 Å². The molecule has 3 aromatic carbocycles. The molecule has 0 saturated carbocycles. The van der Waals surface area contributed by atoms with Gasteiger partial charge in [-0.25, -0.2) is 0 Å². The number of fused-ring (bicyclic) bond motifs is 1. The highest BCUT2D eigenvalue weighted by Gasteiger charge is 2.29. The first kappa shape index (κ1) is 20.7. The number of carbonyl (C=O) groups excluding carboxylic acids is 3. The van der Waals surface area contributed by atoms with E-state index in [1.54, 1.807) is 6.07 Å². The van der Waals surface area contributed by atoms with Gasteiger partial charge in [0.15, 0.2) is 6.61 Å². The first-order chi connectivity index (χ1) is 15.1. The normalized spacial score (nSPS) is 14.8. The number of esters is 1. The summed E-state index contributed by atoms with van der Waals surface area (Å²) < 4.78 is 5.12. The summed E-state index contributed by atoms with van der Waals surface area (Å²) in [7, 11) is 0. The molecule has 1 aliphatic heterocycles. The molecule has 0 spiro atoms. The topological polar surface area (TPSA) is 84.5 Å². The number of thioether (sulfide) groups is 1. The Balaban J connectivity index is 1.32. The number of hydrogen-bond donors (Lipinski definition) is 2. The van der Waals surface area contributed by atoms with Crippen LogP contribution in [0, 0.1) is 0 Å². The molecular weight excluding hydrogens is 412 g/mol. The molecule has 0 bridgehead atoms. The zero-order chi connectivity index (χ0) is 21.6. The van der Waals surface area contributed by atoms with Crippen LogP contribution in [0.15, 0.2) is 83.8 Å². The lowest BCUT2D eigenvalue weighted by Crippen LogP contribution is -2.32. The lowest BCUT2D eigenvalue weighted by Gasteiger charge is -2.23.